The normalized spacial score (nSPS) is 11.0. The Balaban J connectivity index is 1.87. The zero-order valence-electron chi connectivity index (χ0n) is 13.3. The second kappa shape index (κ2) is 7.01. The van der Waals surface area contributed by atoms with Crippen molar-refractivity contribution in [3.05, 3.63) is 53.6 Å². The van der Waals surface area contributed by atoms with Crippen LogP contribution in [0, 0.1) is 11.3 Å². The molecule has 1 heterocycles. The van der Waals surface area contributed by atoms with Crippen LogP contribution in [0.15, 0.2) is 42.5 Å². The van der Waals surface area contributed by atoms with Crippen LogP contribution in [0.25, 0.3) is 11.4 Å². The fraction of sp³-hybridized carbons (Fsp3) is 0.118. The summed E-state index contributed by atoms with van der Waals surface area (Å²) in [6, 6.07) is 12.1. The number of rotatable bonds is 4. The molecule has 0 saturated heterocycles. The van der Waals surface area contributed by atoms with Gasteiger partial charge in [0.15, 0.2) is 5.82 Å². The molecule has 1 N–H and O–H groups in total. The van der Waals surface area contributed by atoms with Gasteiger partial charge in [0.05, 0.1) is 24.3 Å². The van der Waals surface area contributed by atoms with Crippen LogP contribution >= 0.6 is 11.5 Å². The second-order valence-corrected chi connectivity index (χ2v) is 5.90. The van der Waals surface area contributed by atoms with Crippen molar-refractivity contribution in [3.63, 3.8) is 0 Å². The van der Waals surface area contributed by atoms with Crippen LogP contribution in [0.2, 0.25) is 0 Å². The van der Waals surface area contributed by atoms with E-state index in [0.29, 0.717) is 16.7 Å². The summed E-state index contributed by atoms with van der Waals surface area (Å²) < 4.78 is 48.5. The molecule has 26 heavy (non-hydrogen) atoms. The Kier molecular flexibility index (Phi) is 4.77. The van der Waals surface area contributed by atoms with Gasteiger partial charge in [0.2, 0.25) is 5.13 Å². The summed E-state index contributed by atoms with van der Waals surface area (Å²) in [5, 5.41) is 12.0. The van der Waals surface area contributed by atoms with Crippen molar-refractivity contribution < 1.29 is 17.9 Å². The third kappa shape index (κ3) is 3.75. The number of anilines is 2. The number of hydrogen-bond donors (Lipinski definition) is 1. The van der Waals surface area contributed by atoms with Crippen LogP contribution in [0.1, 0.15) is 11.1 Å². The van der Waals surface area contributed by atoms with Gasteiger partial charge in [0.25, 0.3) is 0 Å². The van der Waals surface area contributed by atoms with Crippen LogP contribution in [0.3, 0.4) is 0 Å². The van der Waals surface area contributed by atoms with Crippen molar-refractivity contribution in [2.75, 3.05) is 12.4 Å². The van der Waals surface area contributed by atoms with Crippen LogP contribution in [0.5, 0.6) is 5.75 Å². The summed E-state index contributed by atoms with van der Waals surface area (Å²) >= 11 is 1.02. The largest absolute Gasteiger partial charge is 0.497 e. The van der Waals surface area contributed by atoms with Crippen molar-refractivity contribution >= 4 is 22.4 Å². The lowest BCUT2D eigenvalue weighted by Crippen LogP contribution is -2.08. The van der Waals surface area contributed by atoms with E-state index in [4.69, 9.17) is 10.00 Å². The summed E-state index contributed by atoms with van der Waals surface area (Å²) in [7, 11) is 1.55. The van der Waals surface area contributed by atoms with Crippen LogP contribution < -0.4 is 10.1 Å². The molecule has 3 rings (SSSR count). The highest BCUT2D eigenvalue weighted by molar-refractivity contribution is 7.09. The molecule has 5 nitrogen and oxygen atoms in total. The van der Waals surface area contributed by atoms with Gasteiger partial charge in [-0.2, -0.15) is 27.8 Å². The minimum absolute atomic E-state index is 0.171. The molecular formula is C17H11F3N4OS. The third-order valence-corrected chi connectivity index (χ3v) is 4.08. The number of hydrogen-bond acceptors (Lipinski definition) is 6. The van der Waals surface area contributed by atoms with E-state index in [0.717, 1.165) is 29.2 Å². The van der Waals surface area contributed by atoms with Crippen LogP contribution in [0.4, 0.5) is 24.0 Å². The van der Waals surface area contributed by atoms with Gasteiger partial charge in [-0.15, -0.1) is 0 Å². The Morgan fingerprint density at radius 2 is 2.00 bits per heavy atom. The Morgan fingerprint density at radius 3 is 2.69 bits per heavy atom. The number of aromatic nitrogens is 2. The van der Waals surface area contributed by atoms with Crippen molar-refractivity contribution in [3.8, 4) is 23.2 Å². The summed E-state index contributed by atoms with van der Waals surface area (Å²) in [6.07, 6.45) is -4.62. The maximum Gasteiger partial charge on any atom is 0.417 e. The van der Waals surface area contributed by atoms with Crippen molar-refractivity contribution in [1.29, 1.82) is 5.26 Å². The number of benzene rings is 2. The summed E-state index contributed by atoms with van der Waals surface area (Å²) in [5.74, 6) is 1.08. The predicted octanol–water partition coefficient (Wildman–Crippen LogP) is 4.85. The predicted molar refractivity (Wildman–Crippen MR) is 91.3 cm³/mol. The summed E-state index contributed by atoms with van der Waals surface area (Å²) in [5.41, 5.74) is -0.533. The fourth-order valence-corrected chi connectivity index (χ4v) is 2.84. The van der Waals surface area contributed by atoms with E-state index in [9.17, 15) is 13.2 Å². The molecule has 1 aromatic heterocycles. The number of alkyl halides is 3. The third-order valence-electron chi connectivity index (χ3n) is 3.45. The first-order valence-corrected chi connectivity index (χ1v) is 8.04. The van der Waals surface area contributed by atoms with Crippen molar-refractivity contribution in [1.82, 2.24) is 9.36 Å². The van der Waals surface area contributed by atoms with Crippen molar-refractivity contribution in [2.45, 2.75) is 6.18 Å². The van der Waals surface area contributed by atoms with Crippen LogP contribution in [-0.4, -0.2) is 16.5 Å². The maximum absolute atomic E-state index is 13.0. The minimum atomic E-state index is -4.62. The van der Waals surface area contributed by atoms with Crippen LogP contribution in [-0.2, 0) is 6.18 Å². The van der Waals surface area contributed by atoms with E-state index >= 15 is 0 Å². The highest BCUT2D eigenvalue weighted by Gasteiger charge is 2.33. The van der Waals surface area contributed by atoms with Gasteiger partial charge in [-0.1, -0.05) is 12.1 Å². The lowest BCUT2D eigenvalue weighted by molar-refractivity contribution is -0.137. The maximum atomic E-state index is 13.0. The second-order valence-electron chi connectivity index (χ2n) is 5.15. The molecule has 9 heteroatoms. The standard InChI is InChI=1S/C17H11F3N4OS/c1-25-13-4-2-3-10(7-13)15-23-16(26-24-15)22-12-6-5-11(9-21)14(8-12)17(18,19)20/h2-8H,1H3,(H,22,23,24). The first kappa shape index (κ1) is 17.7. The lowest BCUT2D eigenvalue weighted by Gasteiger charge is -2.10. The Labute approximate surface area is 150 Å². The molecule has 0 saturated carbocycles. The Bertz CT molecular complexity index is 979. The van der Waals surface area contributed by atoms with E-state index in [-0.39, 0.29) is 5.69 Å². The van der Waals surface area contributed by atoms with E-state index in [1.807, 2.05) is 0 Å². The molecule has 0 amide bonds. The zero-order chi connectivity index (χ0) is 18.7. The SMILES string of the molecule is COc1cccc(-c2nsc(Nc3ccc(C#N)c(C(F)(F)F)c3)n2)c1. The molecule has 0 fully saturated rings. The van der Waals surface area contributed by atoms with Gasteiger partial charge in [0.1, 0.15) is 5.75 Å². The molecular weight excluding hydrogens is 365 g/mol. The molecule has 0 bridgehead atoms. The smallest absolute Gasteiger partial charge is 0.417 e. The summed E-state index contributed by atoms with van der Waals surface area (Å²) in [6.45, 7) is 0. The van der Waals surface area contributed by atoms with Gasteiger partial charge in [-0.25, -0.2) is 0 Å². The fourth-order valence-electron chi connectivity index (χ4n) is 2.23. The monoisotopic (exact) mass is 376 g/mol. The van der Waals surface area contributed by atoms with Gasteiger partial charge in [-0.05, 0) is 30.3 Å². The molecule has 0 atom stereocenters. The minimum Gasteiger partial charge on any atom is -0.497 e. The first-order chi connectivity index (χ1) is 12.4. The van der Waals surface area contributed by atoms with E-state index in [1.165, 1.54) is 6.07 Å². The van der Waals surface area contributed by atoms with E-state index in [1.54, 1.807) is 37.4 Å². The molecule has 0 aliphatic heterocycles. The number of halogens is 3. The highest BCUT2D eigenvalue weighted by atomic mass is 32.1. The first-order valence-electron chi connectivity index (χ1n) is 7.27. The number of methoxy groups -OCH3 is 1. The van der Waals surface area contributed by atoms with Crippen molar-refractivity contribution in [2.24, 2.45) is 0 Å². The van der Waals surface area contributed by atoms with Gasteiger partial charge in [0, 0.05) is 22.8 Å². The topological polar surface area (TPSA) is 70.8 Å². The van der Waals surface area contributed by atoms with Gasteiger partial charge in [-0.3, -0.25) is 0 Å². The molecule has 0 aliphatic carbocycles. The lowest BCUT2D eigenvalue weighted by atomic mass is 10.1. The summed E-state index contributed by atoms with van der Waals surface area (Å²) in [4.78, 5) is 4.28. The van der Waals surface area contributed by atoms with Gasteiger partial charge >= 0.3 is 6.18 Å². The quantitative estimate of drug-likeness (QED) is 0.705. The Hall–Kier alpha value is -3.12. The van der Waals surface area contributed by atoms with Gasteiger partial charge < -0.3 is 10.1 Å². The zero-order valence-corrected chi connectivity index (χ0v) is 14.1. The van der Waals surface area contributed by atoms with E-state index < -0.39 is 17.3 Å². The average Bonchev–Trinajstić information content (AvgIpc) is 3.09. The number of nitriles is 1. The Morgan fingerprint density at radius 1 is 1.19 bits per heavy atom. The average molecular weight is 376 g/mol. The molecule has 0 radical (unpaired) electrons. The molecule has 0 aliphatic rings. The van der Waals surface area contributed by atoms with E-state index in [2.05, 4.69) is 14.7 Å². The highest BCUT2D eigenvalue weighted by Crippen LogP contribution is 2.34. The molecule has 2 aromatic carbocycles. The number of ether oxygens (including phenoxy) is 1. The molecule has 0 unspecified atom stereocenters. The number of nitrogens with one attached hydrogen (secondary N) is 1. The molecule has 0 spiro atoms. The molecule has 132 valence electrons. The number of nitrogens with zero attached hydrogens (tertiary/aromatic N) is 3. The molecule has 3 aromatic rings.